The SMILES string of the molecule is O=C([O-])C(F)(F)C(F)(F)C(F)(F)C(=O)[O-].O=C([O-])C(F)(F)C(F)(F)C(F)(F)C(=O)[O-].[Zr+4]. The normalized spacial score (nSPS) is 13.3. The molecule has 8 nitrogen and oxygen atoms in total. The van der Waals surface area contributed by atoms with Gasteiger partial charge in [0.2, 0.25) is 0 Å². The average Bonchev–Trinajstić information content (AvgIpc) is 2.53. The molecule has 0 N–H and O–H groups in total. The van der Waals surface area contributed by atoms with Crippen molar-refractivity contribution in [3.05, 3.63) is 0 Å². The third kappa shape index (κ3) is 5.59. The maximum Gasteiger partial charge on any atom is 4.00 e. The van der Waals surface area contributed by atoms with Crippen molar-refractivity contribution in [1.82, 2.24) is 0 Å². The van der Waals surface area contributed by atoms with E-state index in [0.29, 0.717) is 0 Å². The predicted octanol–water partition coefficient (Wildman–Crippen LogP) is -3.22. The van der Waals surface area contributed by atoms with Gasteiger partial charge in [0.15, 0.2) is 0 Å². The molecule has 0 saturated carbocycles. The van der Waals surface area contributed by atoms with E-state index in [2.05, 4.69) is 0 Å². The zero-order valence-corrected chi connectivity index (χ0v) is 15.8. The number of carboxylic acids is 4. The Morgan fingerprint density at radius 3 is 0.548 bits per heavy atom. The molecule has 176 valence electrons. The maximum atomic E-state index is 12.1. The van der Waals surface area contributed by atoms with Crippen LogP contribution in [0.4, 0.5) is 52.7 Å². The Balaban J connectivity index is -0.000000490. The van der Waals surface area contributed by atoms with Crippen molar-refractivity contribution < 1.29 is 118 Å². The molecule has 0 aliphatic rings. The summed E-state index contributed by atoms with van der Waals surface area (Å²) in [7, 11) is 0. The molecule has 0 unspecified atom stereocenters. The molecule has 0 amide bonds. The summed E-state index contributed by atoms with van der Waals surface area (Å²) in [4.78, 5) is 37.8. The largest absolute Gasteiger partial charge is 4.00 e. The number of carbonyl (C=O) groups is 4. The maximum absolute atomic E-state index is 12.1. The van der Waals surface area contributed by atoms with Crippen LogP contribution in [-0.2, 0) is 45.4 Å². The topological polar surface area (TPSA) is 161 Å². The van der Waals surface area contributed by atoms with Crippen LogP contribution in [0.25, 0.3) is 0 Å². The molecular weight excluding hydrogens is 567 g/mol. The third-order valence-electron chi connectivity index (χ3n) is 2.60. The molecule has 0 spiro atoms. The first kappa shape index (κ1) is 33.6. The standard InChI is InChI=1S/2C5H2F6O4.Zr/c2*6-3(7,1(12)13)5(10,11)4(8,9)2(14)15;/h2*(H,12,13)(H,14,15);/q;;+4/p-4. The zero-order valence-electron chi connectivity index (χ0n) is 13.3. The minimum absolute atomic E-state index is 0. The van der Waals surface area contributed by atoms with Gasteiger partial charge in [-0.3, -0.25) is 0 Å². The van der Waals surface area contributed by atoms with E-state index >= 15 is 0 Å². The minimum atomic E-state index is -6.66. The molecule has 0 bridgehead atoms. The molecule has 0 aliphatic carbocycles. The summed E-state index contributed by atoms with van der Waals surface area (Å²) < 4.78 is 145. The van der Waals surface area contributed by atoms with Crippen molar-refractivity contribution >= 4 is 23.9 Å². The first-order valence-corrected chi connectivity index (χ1v) is 5.90. The first-order chi connectivity index (χ1) is 12.8. The smallest absolute Gasteiger partial charge is 0.544 e. The number of rotatable bonds is 8. The fraction of sp³-hybridized carbons (Fsp3) is 0.600. The van der Waals surface area contributed by atoms with Gasteiger partial charge in [-0.05, 0) is 0 Å². The van der Waals surface area contributed by atoms with Gasteiger partial charge in [-0.15, -0.1) is 0 Å². The summed E-state index contributed by atoms with van der Waals surface area (Å²) in [6.07, 6.45) is 0. The molecule has 0 fully saturated rings. The molecule has 0 saturated heterocycles. The molecular formula is C10F12O8Zr. The number of hydrogen-bond donors (Lipinski definition) is 0. The van der Waals surface area contributed by atoms with Crippen molar-refractivity contribution in [2.24, 2.45) is 0 Å². The number of carboxylic acid groups (broad SMARTS) is 4. The van der Waals surface area contributed by atoms with E-state index < -0.39 is 59.4 Å². The summed E-state index contributed by atoms with van der Waals surface area (Å²) in [6, 6.07) is 0. The number of alkyl halides is 12. The quantitative estimate of drug-likeness (QED) is 0.277. The molecule has 0 aromatic carbocycles. The molecule has 0 heterocycles. The molecule has 0 aromatic heterocycles. The molecule has 31 heavy (non-hydrogen) atoms. The Morgan fingerprint density at radius 2 is 0.484 bits per heavy atom. The van der Waals surface area contributed by atoms with Crippen molar-refractivity contribution in [1.29, 1.82) is 0 Å². The van der Waals surface area contributed by atoms with Crippen LogP contribution >= 0.6 is 0 Å². The number of hydrogen-bond acceptors (Lipinski definition) is 8. The predicted molar refractivity (Wildman–Crippen MR) is 49.7 cm³/mol. The Hall–Kier alpha value is -2.08. The van der Waals surface area contributed by atoms with Crippen molar-refractivity contribution in [3.63, 3.8) is 0 Å². The Morgan fingerprint density at radius 1 is 0.387 bits per heavy atom. The van der Waals surface area contributed by atoms with Gasteiger partial charge in [-0.1, -0.05) is 0 Å². The molecule has 0 atom stereocenters. The Bertz CT molecular complexity index is 606. The summed E-state index contributed by atoms with van der Waals surface area (Å²) in [5, 5.41) is 37.8. The summed E-state index contributed by atoms with van der Waals surface area (Å²) in [6.45, 7) is 0. The number of aliphatic carboxylic acids is 4. The van der Waals surface area contributed by atoms with Crippen LogP contribution in [0.2, 0.25) is 0 Å². The van der Waals surface area contributed by atoms with E-state index in [1.807, 2.05) is 0 Å². The van der Waals surface area contributed by atoms with Gasteiger partial charge in [0, 0.05) is 0 Å². The van der Waals surface area contributed by atoms with Gasteiger partial charge in [0.25, 0.3) is 0 Å². The fourth-order valence-corrected chi connectivity index (χ4v) is 0.907. The summed E-state index contributed by atoms with van der Waals surface area (Å²) >= 11 is 0. The van der Waals surface area contributed by atoms with Crippen LogP contribution in [0.3, 0.4) is 0 Å². The van der Waals surface area contributed by atoms with Crippen LogP contribution in [0.15, 0.2) is 0 Å². The second-order valence-corrected chi connectivity index (χ2v) is 4.60. The van der Waals surface area contributed by atoms with E-state index in [9.17, 15) is 92.3 Å². The first-order valence-electron chi connectivity index (χ1n) is 5.90. The average molecular weight is 567 g/mol. The van der Waals surface area contributed by atoms with Crippen LogP contribution < -0.4 is 20.4 Å². The molecule has 0 radical (unpaired) electrons. The Labute approximate surface area is 178 Å². The summed E-state index contributed by atoms with van der Waals surface area (Å²) in [5.41, 5.74) is 0. The van der Waals surface area contributed by atoms with Crippen LogP contribution in [0, 0.1) is 0 Å². The van der Waals surface area contributed by atoms with Gasteiger partial charge < -0.3 is 39.6 Å². The monoisotopic (exact) mass is 566 g/mol. The molecule has 0 aliphatic heterocycles. The van der Waals surface area contributed by atoms with Gasteiger partial charge in [0.1, 0.15) is 23.9 Å². The zero-order chi connectivity index (χ0) is 25.3. The molecule has 0 aromatic rings. The van der Waals surface area contributed by atoms with E-state index in [4.69, 9.17) is 0 Å². The van der Waals surface area contributed by atoms with Crippen molar-refractivity contribution in [2.75, 3.05) is 0 Å². The Kier molecular flexibility index (Phi) is 10.4. The van der Waals surface area contributed by atoms with Crippen LogP contribution in [-0.4, -0.2) is 59.4 Å². The minimum Gasteiger partial charge on any atom is -0.544 e. The van der Waals surface area contributed by atoms with Crippen molar-refractivity contribution in [2.45, 2.75) is 35.5 Å². The van der Waals surface area contributed by atoms with Gasteiger partial charge in [-0.2, -0.15) is 52.7 Å². The fourth-order valence-electron chi connectivity index (χ4n) is 0.907. The molecule has 0 rings (SSSR count). The van der Waals surface area contributed by atoms with Crippen molar-refractivity contribution in [3.8, 4) is 0 Å². The van der Waals surface area contributed by atoms with E-state index in [1.165, 1.54) is 0 Å². The second-order valence-electron chi connectivity index (χ2n) is 4.60. The number of carbonyl (C=O) groups excluding carboxylic acids is 4. The van der Waals surface area contributed by atoms with Crippen LogP contribution in [0.1, 0.15) is 0 Å². The van der Waals surface area contributed by atoms with Gasteiger partial charge >= 0.3 is 61.7 Å². The second kappa shape index (κ2) is 9.60. The van der Waals surface area contributed by atoms with E-state index in [1.54, 1.807) is 0 Å². The van der Waals surface area contributed by atoms with E-state index in [-0.39, 0.29) is 26.2 Å². The summed E-state index contributed by atoms with van der Waals surface area (Å²) in [5.74, 6) is -54.0. The number of halogens is 12. The van der Waals surface area contributed by atoms with Gasteiger partial charge in [0.05, 0.1) is 0 Å². The van der Waals surface area contributed by atoms with E-state index in [0.717, 1.165) is 0 Å². The molecule has 21 heteroatoms. The van der Waals surface area contributed by atoms with Crippen LogP contribution in [0.5, 0.6) is 0 Å². The van der Waals surface area contributed by atoms with Gasteiger partial charge in [-0.25, -0.2) is 0 Å². The third-order valence-corrected chi connectivity index (χ3v) is 2.60.